The van der Waals surface area contributed by atoms with E-state index in [0.29, 0.717) is 0 Å². The highest BCUT2D eigenvalue weighted by atomic mass is 19.1. The summed E-state index contributed by atoms with van der Waals surface area (Å²) in [5, 5.41) is 9.97. The van der Waals surface area contributed by atoms with E-state index in [-0.39, 0.29) is 0 Å². The number of alkyl halides is 1. The monoisotopic (exact) mass is 206 g/mol. The van der Waals surface area contributed by atoms with Crippen LogP contribution in [0.25, 0.3) is 10.8 Å². The number of hydrogen-bond donors (Lipinski definition) is 1. The zero-order valence-electron chi connectivity index (χ0n) is 8.06. The van der Waals surface area contributed by atoms with Gasteiger partial charge in [-0.3, -0.25) is 0 Å². The van der Waals surface area contributed by atoms with Crippen LogP contribution in [-0.2, 0) is 4.79 Å². The van der Waals surface area contributed by atoms with Crippen molar-refractivity contribution in [2.75, 3.05) is 6.67 Å². The fourth-order valence-electron chi connectivity index (χ4n) is 1.13. The van der Waals surface area contributed by atoms with Crippen molar-refractivity contribution in [2.45, 2.75) is 0 Å². The summed E-state index contributed by atoms with van der Waals surface area (Å²) in [6.45, 7) is -1.28. The largest absolute Gasteiger partial charge is 0.479 e. The van der Waals surface area contributed by atoms with Gasteiger partial charge in [-0.1, -0.05) is 48.5 Å². The molecule has 0 aliphatic rings. The minimum absolute atomic E-state index is 1.28. The van der Waals surface area contributed by atoms with E-state index < -0.39 is 12.6 Å². The molecule has 2 aromatic rings. The SMILES string of the molecule is O=C(O)CF.c1ccc2ccccc2c1. The van der Waals surface area contributed by atoms with Crippen molar-refractivity contribution in [1.82, 2.24) is 0 Å². The number of carboxylic acids is 1. The maximum absolute atomic E-state index is 10.5. The Morgan fingerprint density at radius 3 is 1.47 bits per heavy atom. The van der Waals surface area contributed by atoms with Crippen LogP contribution in [0.3, 0.4) is 0 Å². The molecule has 0 bridgehead atoms. The predicted octanol–water partition coefficient (Wildman–Crippen LogP) is 2.88. The summed E-state index contributed by atoms with van der Waals surface area (Å²) in [6, 6.07) is 16.7. The number of carboxylic acid groups (broad SMARTS) is 1. The van der Waals surface area contributed by atoms with Crippen LogP contribution in [0.5, 0.6) is 0 Å². The Kier molecular flexibility index (Phi) is 4.29. The maximum atomic E-state index is 10.5. The van der Waals surface area contributed by atoms with Gasteiger partial charge in [0, 0.05) is 0 Å². The normalized spacial score (nSPS) is 9.13. The third-order valence-electron chi connectivity index (χ3n) is 1.77. The summed E-state index contributed by atoms with van der Waals surface area (Å²) in [7, 11) is 0. The molecule has 0 aliphatic heterocycles. The lowest BCUT2D eigenvalue weighted by Crippen LogP contribution is -1.93. The van der Waals surface area contributed by atoms with E-state index in [1.807, 2.05) is 0 Å². The molecule has 0 atom stereocenters. The molecule has 0 spiro atoms. The molecule has 0 saturated heterocycles. The fourth-order valence-corrected chi connectivity index (χ4v) is 1.13. The first-order chi connectivity index (χ1) is 7.24. The summed E-state index contributed by atoms with van der Waals surface area (Å²) in [6.07, 6.45) is 0. The third kappa shape index (κ3) is 3.77. The number of fused-ring (bicyclic) bond motifs is 1. The third-order valence-corrected chi connectivity index (χ3v) is 1.77. The molecule has 0 fully saturated rings. The second-order valence-corrected chi connectivity index (χ2v) is 2.87. The summed E-state index contributed by atoms with van der Waals surface area (Å²) in [4.78, 5) is 8.99. The van der Waals surface area contributed by atoms with Crippen molar-refractivity contribution < 1.29 is 14.3 Å². The van der Waals surface area contributed by atoms with Gasteiger partial charge in [0.1, 0.15) is 0 Å². The highest BCUT2D eigenvalue weighted by molar-refractivity contribution is 5.81. The molecule has 2 aromatic carbocycles. The molecule has 0 saturated carbocycles. The Bertz CT molecular complexity index is 375. The van der Waals surface area contributed by atoms with Gasteiger partial charge in [0.15, 0.2) is 6.67 Å². The highest BCUT2D eigenvalue weighted by Gasteiger charge is 1.85. The second kappa shape index (κ2) is 5.75. The average Bonchev–Trinajstić information content (AvgIpc) is 2.30. The lowest BCUT2D eigenvalue weighted by molar-refractivity contribution is -0.137. The molecule has 0 amide bonds. The molecule has 0 heterocycles. The van der Waals surface area contributed by atoms with Crippen LogP contribution in [0.2, 0.25) is 0 Å². The van der Waals surface area contributed by atoms with E-state index in [1.54, 1.807) is 0 Å². The van der Waals surface area contributed by atoms with Gasteiger partial charge >= 0.3 is 5.97 Å². The number of halogens is 1. The standard InChI is InChI=1S/C10H8.C2H3FO2/c1-2-6-10-8-4-3-7-9(10)5-1;3-1-2(4)5/h1-8H;1H2,(H,4,5). The van der Waals surface area contributed by atoms with Gasteiger partial charge in [-0.05, 0) is 10.8 Å². The van der Waals surface area contributed by atoms with E-state index in [9.17, 15) is 4.39 Å². The lowest BCUT2D eigenvalue weighted by atomic mass is 10.1. The molecule has 15 heavy (non-hydrogen) atoms. The highest BCUT2D eigenvalue weighted by Crippen LogP contribution is 2.11. The number of rotatable bonds is 1. The van der Waals surface area contributed by atoms with Gasteiger partial charge in [0.25, 0.3) is 0 Å². The van der Waals surface area contributed by atoms with Crippen LogP contribution >= 0.6 is 0 Å². The van der Waals surface area contributed by atoms with E-state index in [4.69, 9.17) is 9.90 Å². The van der Waals surface area contributed by atoms with Crippen LogP contribution in [-0.4, -0.2) is 17.8 Å². The first kappa shape index (κ1) is 11.2. The first-order valence-corrected chi connectivity index (χ1v) is 4.45. The van der Waals surface area contributed by atoms with E-state index in [2.05, 4.69) is 48.5 Å². The lowest BCUT2D eigenvalue weighted by Gasteiger charge is -1.92. The van der Waals surface area contributed by atoms with Gasteiger partial charge in [-0.25, -0.2) is 9.18 Å². The van der Waals surface area contributed by atoms with Crippen molar-refractivity contribution in [3.8, 4) is 0 Å². The van der Waals surface area contributed by atoms with Crippen LogP contribution in [0, 0.1) is 0 Å². The topological polar surface area (TPSA) is 37.3 Å². The van der Waals surface area contributed by atoms with E-state index >= 15 is 0 Å². The summed E-state index contributed by atoms with van der Waals surface area (Å²) in [5.74, 6) is -1.41. The van der Waals surface area contributed by atoms with Gasteiger partial charge < -0.3 is 5.11 Å². The molecule has 2 nitrogen and oxygen atoms in total. The zero-order chi connectivity index (χ0) is 11.1. The molecule has 0 aliphatic carbocycles. The Balaban J connectivity index is 0.000000195. The molecule has 0 aromatic heterocycles. The van der Waals surface area contributed by atoms with Crippen molar-refractivity contribution in [3.05, 3.63) is 48.5 Å². The van der Waals surface area contributed by atoms with E-state index in [0.717, 1.165) is 0 Å². The van der Waals surface area contributed by atoms with Crippen LogP contribution in [0.1, 0.15) is 0 Å². The minimum Gasteiger partial charge on any atom is -0.479 e. The van der Waals surface area contributed by atoms with Crippen LogP contribution < -0.4 is 0 Å². The smallest absolute Gasteiger partial charge is 0.335 e. The first-order valence-electron chi connectivity index (χ1n) is 4.45. The van der Waals surface area contributed by atoms with Crippen molar-refractivity contribution >= 4 is 16.7 Å². The van der Waals surface area contributed by atoms with Gasteiger partial charge in [-0.15, -0.1) is 0 Å². The molecular formula is C12H11FO2. The molecule has 78 valence electrons. The number of carbonyl (C=O) groups is 1. The Labute approximate surface area is 87.0 Å². The van der Waals surface area contributed by atoms with Crippen molar-refractivity contribution in [3.63, 3.8) is 0 Å². The Morgan fingerprint density at radius 2 is 1.27 bits per heavy atom. The maximum Gasteiger partial charge on any atom is 0.335 e. The van der Waals surface area contributed by atoms with Gasteiger partial charge in [0.05, 0.1) is 0 Å². The van der Waals surface area contributed by atoms with Crippen molar-refractivity contribution in [2.24, 2.45) is 0 Å². The molecule has 0 radical (unpaired) electrons. The zero-order valence-corrected chi connectivity index (χ0v) is 8.06. The fraction of sp³-hybridized carbons (Fsp3) is 0.0833. The summed E-state index contributed by atoms with van der Waals surface area (Å²) in [5.41, 5.74) is 0. The summed E-state index contributed by atoms with van der Waals surface area (Å²) >= 11 is 0. The number of aliphatic carboxylic acids is 1. The molecule has 1 N–H and O–H groups in total. The average molecular weight is 206 g/mol. The molecule has 3 heteroatoms. The van der Waals surface area contributed by atoms with Gasteiger partial charge in [0.2, 0.25) is 0 Å². The molecule has 0 unspecified atom stereocenters. The number of hydrogen-bond acceptors (Lipinski definition) is 1. The van der Waals surface area contributed by atoms with Crippen molar-refractivity contribution in [1.29, 1.82) is 0 Å². The van der Waals surface area contributed by atoms with Gasteiger partial charge in [-0.2, -0.15) is 0 Å². The Morgan fingerprint density at radius 1 is 1.00 bits per heavy atom. The van der Waals surface area contributed by atoms with Crippen LogP contribution in [0.4, 0.5) is 4.39 Å². The predicted molar refractivity (Wildman–Crippen MR) is 57.6 cm³/mol. The Hall–Kier alpha value is -1.90. The minimum atomic E-state index is -1.41. The molecule has 2 rings (SSSR count). The van der Waals surface area contributed by atoms with Crippen LogP contribution in [0.15, 0.2) is 48.5 Å². The van der Waals surface area contributed by atoms with E-state index in [1.165, 1.54) is 10.8 Å². The molecular weight excluding hydrogens is 195 g/mol. The summed E-state index contributed by atoms with van der Waals surface area (Å²) < 4.78 is 10.5. The number of benzene rings is 2. The quantitative estimate of drug-likeness (QED) is 0.778. The second-order valence-electron chi connectivity index (χ2n) is 2.87.